The van der Waals surface area contributed by atoms with Gasteiger partial charge < -0.3 is 9.73 Å². The normalized spacial score (nSPS) is 10.8. The molecule has 0 aliphatic rings. The van der Waals surface area contributed by atoms with E-state index in [0.29, 0.717) is 21.9 Å². The molecule has 0 fully saturated rings. The molecule has 0 unspecified atom stereocenters. The Kier molecular flexibility index (Phi) is 2.81. The Morgan fingerprint density at radius 1 is 1.11 bits per heavy atom. The highest BCUT2D eigenvalue weighted by atomic mass is 35.5. The quantitative estimate of drug-likeness (QED) is 0.761. The van der Waals surface area contributed by atoms with Crippen LogP contribution in [0.1, 0.15) is 0 Å². The van der Waals surface area contributed by atoms with Crippen LogP contribution in [-0.4, -0.2) is 10.2 Å². The average molecular weight is 280 g/mol. The van der Waals surface area contributed by atoms with Crippen LogP contribution >= 0.6 is 23.2 Å². The van der Waals surface area contributed by atoms with Gasteiger partial charge in [-0.1, -0.05) is 41.4 Å². The van der Waals surface area contributed by atoms with Gasteiger partial charge in [0.2, 0.25) is 5.88 Å². The molecule has 0 saturated carbocycles. The van der Waals surface area contributed by atoms with Gasteiger partial charge in [-0.15, -0.1) is 5.10 Å². The van der Waals surface area contributed by atoms with E-state index in [-0.39, 0.29) is 5.15 Å². The molecular weight excluding hydrogens is 273 g/mol. The van der Waals surface area contributed by atoms with Gasteiger partial charge >= 0.3 is 0 Å². The maximum Gasteiger partial charge on any atom is 0.217 e. The van der Waals surface area contributed by atoms with Gasteiger partial charge in [0.15, 0.2) is 10.7 Å². The summed E-state index contributed by atoms with van der Waals surface area (Å²) < 4.78 is 5.56. The van der Waals surface area contributed by atoms with Gasteiger partial charge in [0.1, 0.15) is 5.02 Å². The number of nitrogens with one attached hydrogen (secondary N) is 1. The SMILES string of the molecule is Clc1c(Nc2ccccc2)oc2c(Cl)nncc12. The van der Waals surface area contributed by atoms with Crippen LogP contribution in [0.25, 0.3) is 11.0 Å². The van der Waals surface area contributed by atoms with Crippen LogP contribution in [0.4, 0.5) is 11.6 Å². The molecule has 90 valence electrons. The van der Waals surface area contributed by atoms with E-state index >= 15 is 0 Å². The zero-order chi connectivity index (χ0) is 12.5. The number of fused-ring (bicyclic) bond motifs is 1. The molecule has 2 aromatic heterocycles. The minimum Gasteiger partial charge on any atom is -0.435 e. The van der Waals surface area contributed by atoms with E-state index in [2.05, 4.69) is 15.5 Å². The molecule has 4 nitrogen and oxygen atoms in total. The number of halogens is 2. The topological polar surface area (TPSA) is 51.0 Å². The molecule has 0 spiro atoms. The van der Waals surface area contributed by atoms with E-state index in [1.54, 1.807) is 0 Å². The maximum absolute atomic E-state index is 6.20. The van der Waals surface area contributed by atoms with Crippen molar-refractivity contribution in [2.75, 3.05) is 5.32 Å². The standard InChI is InChI=1S/C12H7Cl2N3O/c13-9-8-6-15-17-11(14)10(8)18-12(9)16-7-4-2-1-3-5-7/h1-6,16H. The first-order chi connectivity index (χ1) is 8.75. The average Bonchev–Trinajstić information content (AvgIpc) is 2.70. The largest absolute Gasteiger partial charge is 0.435 e. The van der Waals surface area contributed by atoms with Crippen LogP contribution in [0.3, 0.4) is 0 Å². The van der Waals surface area contributed by atoms with Gasteiger partial charge in [-0.2, -0.15) is 5.10 Å². The molecule has 3 aromatic rings. The fourth-order valence-electron chi connectivity index (χ4n) is 1.61. The Hall–Kier alpha value is -1.78. The first-order valence-electron chi connectivity index (χ1n) is 5.17. The van der Waals surface area contributed by atoms with E-state index in [0.717, 1.165) is 5.69 Å². The van der Waals surface area contributed by atoms with E-state index in [4.69, 9.17) is 27.6 Å². The summed E-state index contributed by atoms with van der Waals surface area (Å²) in [4.78, 5) is 0. The maximum atomic E-state index is 6.20. The Labute approximate surface area is 113 Å². The molecular formula is C12H7Cl2N3O. The van der Waals surface area contributed by atoms with Crippen molar-refractivity contribution in [1.29, 1.82) is 0 Å². The lowest BCUT2D eigenvalue weighted by molar-refractivity contribution is 0.631. The summed E-state index contributed by atoms with van der Waals surface area (Å²) in [5.41, 5.74) is 1.30. The number of hydrogen-bond acceptors (Lipinski definition) is 4. The van der Waals surface area contributed by atoms with E-state index in [1.807, 2.05) is 30.3 Å². The van der Waals surface area contributed by atoms with Crippen molar-refractivity contribution in [3.63, 3.8) is 0 Å². The fourth-order valence-corrected chi connectivity index (χ4v) is 2.01. The van der Waals surface area contributed by atoms with Gasteiger partial charge in [-0.05, 0) is 12.1 Å². The molecule has 0 aliphatic heterocycles. The number of furan rings is 1. The van der Waals surface area contributed by atoms with E-state index in [1.165, 1.54) is 6.20 Å². The number of anilines is 2. The third-order valence-corrected chi connectivity index (χ3v) is 3.06. The first-order valence-corrected chi connectivity index (χ1v) is 5.92. The second-order valence-corrected chi connectivity index (χ2v) is 4.35. The monoisotopic (exact) mass is 279 g/mol. The molecule has 2 heterocycles. The number of nitrogens with zero attached hydrogens (tertiary/aromatic N) is 2. The molecule has 0 radical (unpaired) electrons. The number of aromatic nitrogens is 2. The van der Waals surface area contributed by atoms with Crippen molar-refractivity contribution < 1.29 is 4.42 Å². The molecule has 0 saturated heterocycles. The molecule has 3 rings (SSSR count). The smallest absolute Gasteiger partial charge is 0.217 e. The minimum atomic E-state index is 0.190. The molecule has 1 aromatic carbocycles. The number of benzene rings is 1. The summed E-state index contributed by atoms with van der Waals surface area (Å²) in [6.07, 6.45) is 1.52. The highest BCUT2D eigenvalue weighted by Gasteiger charge is 2.15. The number of rotatable bonds is 2. The number of para-hydroxylation sites is 1. The van der Waals surface area contributed by atoms with Gasteiger partial charge in [-0.25, -0.2) is 0 Å². The molecule has 1 N–H and O–H groups in total. The summed E-state index contributed by atoms with van der Waals surface area (Å²) in [5, 5.41) is 11.8. The lowest BCUT2D eigenvalue weighted by atomic mass is 10.3. The lowest BCUT2D eigenvalue weighted by Crippen LogP contribution is -1.87. The molecule has 18 heavy (non-hydrogen) atoms. The highest BCUT2D eigenvalue weighted by molar-refractivity contribution is 6.40. The summed E-state index contributed by atoms with van der Waals surface area (Å²) in [6.45, 7) is 0. The first kappa shape index (κ1) is 11.3. The number of hydrogen-bond donors (Lipinski definition) is 1. The third-order valence-electron chi connectivity index (χ3n) is 2.44. The van der Waals surface area contributed by atoms with Crippen LogP contribution in [0.2, 0.25) is 10.2 Å². The van der Waals surface area contributed by atoms with Gasteiger partial charge in [0.25, 0.3) is 0 Å². The summed E-state index contributed by atoms with van der Waals surface area (Å²) in [6, 6.07) is 9.56. The molecule has 0 aliphatic carbocycles. The Bertz CT molecular complexity index is 697. The van der Waals surface area contributed by atoms with Gasteiger partial charge in [0.05, 0.1) is 11.6 Å². The van der Waals surface area contributed by atoms with Crippen molar-refractivity contribution >= 4 is 45.7 Å². The van der Waals surface area contributed by atoms with Crippen molar-refractivity contribution in [2.45, 2.75) is 0 Å². The summed E-state index contributed by atoms with van der Waals surface area (Å²) >= 11 is 12.1. The highest BCUT2D eigenvalue weighted by Crippen LogP contribution is 2.37. The Balaban J connectivity index is 2.08. The predicted octanol–water partition coefficient (Wildman–Crippen LogP) is 4.27. The molecule has 0 bridgehead atoms. The van der Waals surface area contributed by atoms with Gasteiger partial charge in [-0.3, -0.25) is 0 Å². The Morgan fingerprint density at radius 3 is 2.61 bits per heavy atom. The van der Waals surface area contributed by atoms with Crippen LogP contribution in [-0.2, 0) is 0 Å². The van der Waals surface area contributed by atoms with E-state index in [9.17, 15) is 0 Å². The van der Waals surface area contributed by atoms with Crippen molar-refractivity contribution in [2.24, 2.45) is 0 Å². The lowest BCUT2D eigenvalue weighted by Gasteiger charge is -2.01. The third kappa shape index (κ3) is 1.89. The van der Waals surface area contributed by atoms with Crippen molar-refractivity contribution in [3.8, 4) is 0 Å². The molecule has 6 heteroatoms. The zero-order valence-electron chi connectivity index (χ0n) is 9.02. The minimum absolute atomic E-state index is 0.190. The van der Waals surface area contributed by atoms with Crippen LogP contribution in [0.15, 0.2) is 40.9 Å². The van der Waals surface area contributed by atoms with Gasteiger partial charge in [0, 0.05) is 5.69 Å². The second kappa shape index (κ2) is 4.48. The fraction of sp³-hybridized carbons (Fsp3) is 0. The Morgan fingerprint density at radius 2 is 1.89 bits per heavy atom. The molecule has 0 atom stereocenters. The van der Waals surface area contributed by atoms with Crippen molar-refractivity contribution in [3.05, 3.63) is 46.7 Å². The summed E-state index contributed by atoms with van der Waals surface area (Å²) in [7, 11) is 0. The molecule has 0 amide bonds. The second-order valence-electron chi connectivity index (χ2n) is 3.61. The predicted molar refractivity (Wildman–Crippen MR) is 71.5 cm³/mol. The van der Waals surface area contributed by atoms with Crippen LogP contribution < -0.4 is 5.32 Å². The van der Waals surface area contributed by atoms with Crippen molar-refractivity contribution in [1.82, 2.24) is 10.2 Å². The summed E-state index contributed by atoms with van der Waals surface area (Å²) in [5.74, 6) is 0.426. The van der Waals surface area contributed by atoms with Crippen LogP contribution in [0.5, 0.6) is 0 Å². The van der Waals surface area contributed by atoms with E-state index < -0.39 is 0 Å². The van der Waals surface area contributed by atoms with Crippen LogP contribution in [0, 0.1) is 0 Å². The zero-order valence-corrected chi connectivity index (χ0v) is 10.5.